The zero-order valence-electron chi connectivity index (χ0n) is 16.6. The van der Waals surface area contributed by atoms with Gasteiger partial charge in [0.15, 0.2) is 0 Å². The number of methoxy groups -OCH3 is 1. The van der Waals surface area contributed by atoms with E-state index in [1.165, 1.54) is 0 Å². The smallest absolute Gasteiger partial charge is 0.223 e. The summed E-state index contributed by atoms with van der Waals surface area (Å²) in [7, 11) is 1.66. The van der Waals surface area contributed by atoms with Crippen LogP contribution in [-0.4, -0.2) is 61.1 Å². The first-order valence-corrected chi connectivity index (χ1v) is 9.85. The van der Waals surface area contributed by atoms with Crippen LogP contribution in [-0.2, 0) is 9.47 Å². The van der Waals surface area contributed by atoms with Gasteiger partial charge in [-0.2, -0.15) is 0 Å². The Balaban J connectivity index is 1.44. The average Bonchev–Trinajstić information content (AvgIpc) is 3.29. The second kappa shape index (κ2) is 8.43. The molecule has 2 aliphatic heterocycles. The van der Waals surface area contributed by atoms with Gasteiger partial charge in [0.05, 0.1) is 38.1 Å². The molecule has 4 atom stereocenters. The van der Waals surface area contributed by atoms with Crippen LogP contribution in [0.15, 0.2) is 36.5 Å². The van der Waals surface area contributed by atoms with Crippen molar-refractivity contribution < 1.29 is 14.2 Å². The van der Waals surface area contributed by atoms with Gasteiger partial charge < -0.3 is 24.8 Å². The summed E-state index contributed by atoms with van der Waals surface area (Å²) in [5.41, 5.74) is 1.75. The molecule has 1 aromatic heterocycles. The van der Waals surface area contributed by atoms with E-state index in [1.807, 2.05) is 30.3 Å². The number of hydrogen-bond donors (Lipinski definition) is 2. The largest absolute Gasteiger partial charge is 0.496 e. The first-order valence-electron chi connectivity index (χ1n) is 9.85. The molecule has 7 heteroatoms. The molecule has 0 unspecified atom stereocenters. The SMILES string of the molecule is COc1ccccc1-c1ccnc(N[C@H]2CO[C@H]3[C@@H]2OC[C@@H]3NCC(C)C)n1. The van der Waals surface area contributed by atoms with Gasteiger partial charge in [0, 0.05) is 11.8 Å². The molecule has 150 valence electrons. The van der Waals surface area contributed by atoms with Crippen LogP contribution in [0.1, 0.15) is 13.8 Å². The van der Waals surface area contributed by atoms with Crippen molar-refractivity contribution in [1.82, 2.24) is 15.3 Å². The minimum atomic E-state index is 0.00294. The summed E-state index contributed by atoms with van der Waals surface area (Å²) >= 11 is 0. The van der Waals surface area contributed by atoms with Crippen molar-refractivity contribution in [1.29, 1.82) is 0 Å². The molecule has 1 aromatic carbocycles. The molecule has 0 amide bonds. The summed E-state index contributed by atoms with van der Waals surface area (Å²) in [6, 6.07) is 9.98. The number of benzene rings is 1. The van der Waals surface area contributed by atoms with Gasteiger partial charge in [-0.1, -0.05) is 26.0 Å². The summed E-state index contributed by atoms with van der Waals surface area (Å²) < 4.78 is 17.5. The number of nitrogens with zero attached hydrogens (tertiary/aromatic N) is 2. The molecule has 28 heavy (non-hydrogen) atoms. The zero-order chi connectivity index (χ0) is 19.5. The lowest BCUT2D eigenvalue weighted by molar-refractivity contribution is 0.0674. The first-order chi connectivity index (χ1) is 13.7. The first kappa shape index (κ1) is 19.1. The Morgan fingerprint density at radius 1 is 1.11 bits per heavy atom. The van der Waals surface area contributed by atoms with Gasteiger partial charge in [-0.3, -0.25) is 0 Å². The van der Waals surface area contributed by atoms with E-state index in [4.69, 9.17) is 14.2 Å². The molecule has 0 saturated carbocycles. The van der Waals surface area contributed by atoms with Crippen molar-refractivity contribution in [3.05, 3.63) is 36.5 Å². The van der Waals surface area contributed by atoms with Crippen LogP contribution in [0.25, 0.3) is 11.3 Å². The lowest BCUT2D eigenvalue weighted by Gasteiger charge is -2.19. The molecule has 0 aliphatic carbocycles. The summed E-state index contributed by atoms with van der Waals surface area (Å²) in [4.78, 5) is 9.07. The maximum absolute atomic E-state index is 6.03. The second-order valence-electron chi connectivity index (χ2n) is 7.72. The van der Waals surface area contributed by atoms with E-state index in [9.17, 15) is 0 Å². The second-order valence-corrected chi connectivity index (χ2v) is 7.72. The minimum Gasteiger partial charge on any atom is -0.496 e. The fourth-order valence-electron chi connectivity index (χ4n) is 3.79. The molecular formula is C21H28N4O3. The Bertz CT molecular complexity index is 801. The Kier molecular flexibility index (Phi) is 5.75. The van der Waals surface area contributed by atoms with Crippen LogP contribution in [0, 0.1) is 5.92 Å². The minimum absolute atomic E-state index is 0.00294. The fraction of sp³-hybridized carbons (Fsp3) is 0.524. The van der Waals surface area contributed by atoms with Gasteiger partial charge in [-0.05, 0) is 30.7 Å². The number of nitrogens with one attached hydrogen (secondary N) is 2. The summed E-state index contributed by atoms with van der Waals surface area (Å²) in [5, 5.41) is 6.96. The Morgan fingerprint density at radius 2 is 1.86 bits per heavy atom. The molecule has 3 heterocycles. The predicted octanol–water partition coefficient (Wildman–Crippen LogP) is 2.34. The number of rotatable bonds is 7. The topological polar surface area (TPSA) is 77.5 Å². The van der Waals surface area contributed by atoms with E-state index in [1.54, 1.807) is 13.3 Å². The molecule has 4 rings (SSSR count). The molecule has 0 spiro atoms. The highest BCUT2D eigenvalue weighted by Gasteiger charge is 2.47. The number of para-hydroxylation sites is 1. The van der Waals surface area contributed by atoms with E-state index in [-0.39, 0.29) is 24.3 Å². The maximum Gasteiger partial charge on any atom is 0.223 e. The van der Waals surface area contributed by atoms with Crippen LogP contribution < -0.4 is 15.4 Å². The molecule has 0 radical (unpaired) electrons. The van der Waals surface area contributed by atoms with E-state index < -0.39 is 0 Å². The molecule has 2 saturated heterocycles. The average molecular weight is 384 g/mol. The number of fused-ring (bicyclic) bond motifs is 1. The lowest BCUT2D eigenvalue weighted by Crippen LogP contribution is -2.43. The molecular weight excluding hydrogens is 356 g/mol. The number of hydrogen-bond acceptors (Lipinski definition) is 7. The molecule has 2 aliphatic rings. The fourth-order valence-corrected chi connectivity index (χ4v) is 3.79. The van der Waals surface area contributed by atoms with Gasteiger partial charge in [0.2, 0.25) is 5.95 Å². The zero-order valence-corrected chi connectivity index (χ0v) is 16.6. The van der Waals surface area contributed by atoms with Gasteiger partial charge >= 0.3 is 0 Å². The van der Waals surface area contributed by atoms with Crippen molar-refractivity contribution in [3.63, 3.8) is 0 Å². The van der Waals surface area contributed by atoms with Crippen molar-refractivity contribution in [2.45, 2.75) is 38.1 Å². The summed E-state index contributed by atoms with van der Waals surface area (Å²) in [6.45, 7) is 6.61. The van der Waals surface area contributed by atoms with E-state index >= 15 is 0 Å². The monoisotopic (exact) mass is 384 g/mol. The summed E-state index contributed by atoms with van der Waals surface area (Å²) in [6.07, 6.45) is 1.82. The number of aromatic nitrogens is 2. The highest BCUT2D eigenvalue weighted by Crippen LogP contribution is 2.30. The third-order valence-corrected chi connectivity index (χ3v) is 5.19. The normalized spacial score (nSPS) is 26.4. The van der Waals surface area contributed by atoms with Crippen molar-refractivity contribution in [3.8, 4) is 17.0 Å². The van der Waals surface area contributed by atoms with Crippen molar-refractivity contribution >= 4 is 5.95 Å². The highest BCUT2D eigenvalue weighted by atomic mass is 16.6. The van der Waals surface area contributed by atoms with Crippen LogP contribution >= 0.6 is 0 Å². The Hall–Kier alpha value is -2.22. The van der Waals surface area contributed by atoms with E-state index in [0.717, 1.165) is 23.6 Å². The summed E-state index contributed by atoms with van der Waals surface area (Å²) in [5.74, 6) is 1.95. The van der Waals surface area contributed by atoms with Crippen LogP contribution in [0.3, 0.4) is 0 Å². The van der Waals surface area contributed by atoms with Crippen LogP contribution in [0.5, 0.6) is 5.75 Å². The Labute approximate surface area is 165 Å². The Morgan fingerprint density at radius 3 is 2.64 bits per heavy atom. The quantitative estimate of drug-likeness (QED) is 0.759. The lowest BCUT2D eigenvalue weighted by atomic mass is 10.1. The molecule has 0 bridgehead atoms. The third kappa shape index (κ3) is 3.97. The van der Waals surface area contributed by atoms with Gasteiger partial charge in [-0.25, -0.2) is 9.97 Å². The van der Waals surface area contributed by atoms with Gasteiger partial charge in [0.1, 0.15) is 18.0 Å². The molecule has 2 N–H and O–H groups in total. The number of anilines is 1. The van der Waals surface area contributed by atoms with Crippen molar-refractivity contribution in [2.24, 2.45) is 5.92 Å². The van der Waals surface area contributed by atoms with Crippen molar-refractivity contribution in [2.75, 3.05) is 32.2 Å². The molecule has 2 fully saturated rings. The number of ether oxygens (including phenoxy) is 3. The van der Waals surface area contributed by atoms with E-state index in [0.29, 0.717) is 25.1 Å². The van der Waals surface area contributed by atoms with E-state index in [2.05, 4.69) is 34.4 Å². The van der Waals surface area contributed by atoms with Gasteiger partial charge in [0.25, 0.3) is 0 Å². The maximum atomic E-state index is 6.03. The predicted molar refractivity (Wildman–Crippen MR) is 108 cm³/mol. The third-order valence-electron chi connectivity index (χ3n) is 5.19. The molecule has 7 nitrogen and oxygen atoms in total. The molecule has 2 aromatic rings. The van der Waals surface area contributed by atoms with Crippen LogP contribution in [0.4, 0.5) is 5.95 Å². The standard InChI is InChI=1S/C21H28N4O3/c1-13(2)10-23-16-11-27-20-17(12-28-19(16)20)25-21-22-9-8-15(24-21)14-6-4-5-7-18(14)26-3/h4-9,13,16-17,19-20,23H,10-12H2,1-3H3,(H,22,24,25)/t16-,17-,19+,20+/m0/s1. The highest BCUT2D eigenvalue weighted by molar-refractivity contribution is 5.67. The van der Waals surface area contributed by atoms with Gasteiger partial charge in [-0.15, -0.1) is 0 Å². The van der Waals surface area contributed by atoms with Crippen LogP contribution in [0.2, 0.25) is 0 Å².